The maximum Gasteiger partial charge on any atom is 0.251 e. The van der Waals surface area contributed by atoms with Crippen LogP contribution in [0.1, 0.15) is 34.8 Å². The highest BCUT2D eigenvalue weighted by Gasteiger charge is 2.15. The fourth-order valence-electron chi connectivity index (χ4n) is 2.47. The first-order chi connectivity index (χ1) is 12.4. The van der Waals surface area contributed by atoms with Crippen LogP contribution in [0.4, 0.5) is 0 Å². The summed E-state index contributed by atoms with van der Waals surface area (Å²) in [5, 5.41) is 6.05. The lowest BCUT2D eigenvalue weighted by atomic mass is 10.1. The van der Waals surface area contributed by atoms with E-state index in [2.05, 4.69) is 17.6 Å². The van der Waals surface area contributed by atoms with E-state index in [4.69, 9.17) is 0 Å². The predicted molar refractivity (Wildman–Crippen MR) is 104 cm³/mol. The maximum absolute atomic E-state index is 12.5. The third-order valence-corrected chi connectivity index (χ3v) is 5.67. The zero-order valence-corrected chi connectivity index (χ0v) is 16.1. The highest BCUT2D eigenvalue weighted by atomic mass is 32.2. The number of aryl methyl sites for hydroxylation is 1. The average molecular weight is 375 g/mol. The van der Waals surface area contributed by atoms with E-state index in [1.807, 2.05) is 6.92 Å². The molecule has 2 aromatic rings. The summed E-state index contributed by atoms with van der Waals surface area (Å²) in [7, 11) is -3.40. The molecule has 0 aliphatic rings. The SMILES string of the molecule is CCCNCCNC(=O)c1ccc(CS(=O)(=O)c2ccc(C)cc2)cc1. The number of carbonyl (C=O) groups excluding carboxylic acids is 1. The van der Waals surface area contributed by atoms with Crippen LogP contribution >= 0.6 is 0 Å². The molecule has 5 nitrogen and oxygen atoms in total. The first-order valence-corrected chi connectivity index (χ1v) is 10.4. The molecule has 0 aliphatic heterocycles. The number of amides is 1. The Morgan fingerprint density at radius 1 is 0.923 bits per heavy atom. The fraction of sp³-hybridized carbons (Fsp3) is 0.350. The van der Waals surface area contributed by atoms with Gasteiger partial charge in [-0.1, -0.05) is 36.8 Å². The van der Waals surface area contributed by atoms with Gasteiger partial charge in [0.05, 0.1) is 10.6 Å². The minimum Gasteiger partial charge on any atom is -0.351 e. The minimum atomic E-state index is -3.40. The molecule has 2 N–H and O–H groups in total. The van der Waals surface area contributed by atoms with E-state index in [0.29, 0.717) is 22.6 Å². The quantitative estimate of drug-likeness (QED) is 0.662. The number of benzene rings is 2. The molecule has 0 atom stereocenters. The summed E-state index contributed by atoms with van der Waals surface area (Å²) in [6, 6.07) is 13.5. The van der Waals surface area contributed by atoms with Crippen molar-refractivity contribution < 1.29 is 13.2 Å². The Morgan fingerprint density at radius 2 is 1.58 bits per heavy atom. The van der Waals surface area contributed by atoms with Crippen molar-refractivity contribution >= 4 is 15.7 Å². The third-order valence-electron chi connectivity index (χ3n) is 3.97. The van der Waals surface area contributed by atoms with Crippen LogP contribution in [0.3, 0.4) is 0 Å². The lowest BCUT2D eigenvalue weighted by molar-refractivity contribution is 0.0954. The van der Waals surface area contributed by atoms with Crippen LogP contribution in [0, 0.1) is 6.92 Å². The molecule has 0 unspecified atom stereocenters. The van der Waals surface area contributed by atoms with Crippen LogP contribution in [-0.2, 0) is 15.6 Å². The maximum atomic E-state index is 12.5. The van der Waals surface area contributed by atoms with Crippen LogP contribution in [0.2, 0.25) is 0 Å². The molecule has 0 saturated heterocycles. The monoisotopic (exact) mass is 374 g/mol. The first kappa shape index (κ1) is 20.1. The number of nitrogens with one attached hydrogen (secondary N) is 2. The Bertz CT molecular complexity index is 813. The summed E-state index contributed by atoms with van der Waals surface area (Å²) in [5.41, 5.74) is 2.20. The van der Waals surface area contributed by atoms with Gasteiger partial charge < -0.3 is 10.6 Å². The van der Waals surface area contributed by atoms with Crippen molar-refractivity contribution in [3.63, 3.8) is 0 Å². The third kappa shape index (κ3) is 5.97. The van der Waals surface area contributed by atoms with Gasteiger partial charge in [-0.2, -0.15) is 0 Å². The first-order valence-electron chi connectivity index (χ1n) is 8.79. The smallest absolute Gasteiger partial charge is 0.251 e. The lowest BCUT2D eigenvalue weighted by Gasteiger charge is -2.08. The Morgan fingerprint density at radius 3 is 2.19 bits per heavy atom. The molecule has 0 radical (unpaired) electrons. The second-order valence-corrected chi connectivity index (χ2v) is 8.26. The normalized spacial score (nSPS) is 11.3. The van der Waals surface area contributed by atoms with Gasteiger partial charge in [-0.15, -0.1) is 0 Å². The van der Waals surface area contributed by atoms with Crippen molar-refractivity contribution in [2.45, 2.75) is 30.9 Å². The van der Waals surface area contributed by atoms with Crippen LogP contribution in [0.5, 0.6) is 0 Å². The van der Waals surface area contributed by atoms with Crippen LogP contribution in [-0.4, -0.2) is 34.0 Å². The number of sulfone groups is 1. The van der Waals surface area contributed by atoms with Gasteiger partial charge in [0.15, 0.2) is 9.84 Å². The van der Waals surface area contributed by atoms with E-state index in [9.17, 15) is 13.2 Å². The van der Waals surface area contributed by atoms with Gasteiger partial charge >= 0.3 is 0 Å². The molecule has 0 bridgehead atoms. The summed E-state index contributed by atoms with van der Waals surface area (Å²) in [4.78, 5) is 12.4. The second kappa shape index (κ2) is 9.50. The highest BCUT2D eigenvalue weighted by molar-refractivity contribution is 7.90. The Hall–Kier alpha value is -2.18. The van der Waals surface area contributed by atoms with Crippen molar-refractivity contribution in [1.29, 1.82) is 0 Å². The average Bonchev–Trinajstić information content (AvgIpc) is 2.62. The molecule has 2 aromatic carbocycles. The van der Waals surface area contributed by atoms with Crippen LogP contribution in [0.15, 0.2) is 53.4 Å². The van der Waals surface area contributed by atoms with E-state index >= 15 is 0 Å². The van der Waals surface area contributed by atoms with Crippen molar-refractivity contribution in [3.05, 3.63) is 65.2 Å². The molecular weight excluding hydrogens is 348 g/mol. The van der Waals surface area contributed by atoms with E-state index in [-0.39, 0.29) is 11.7 Å². The zero-order chi connectivity index (χ0) is 19.0. The van der Waals surface area contributed by atoms with Crippen LogP contribution < -0.4 is 10.6 Å². The molecule has 0 heterocycles. The largest absolute Gasteiger partial charge is 0.351 e. The van der Waals surface area contributed by atoms with E-state index in [1.54, 1.807) is 48.5 Å². The summed E-state index contributed by atoms with van der Waals surface area (Å²) < 4.78 is 24.9. The summed E-state index contributed by atoms with van der Waals surface area (Å²) in [6.45, 7) is 6.22. The molecule has 1 amide bonds. The van der Waals surface area contributed by atoms with Crippen molar-refractivity contribution in [1.82, 2.24) is 10.6 Å². The molecule has 2 rings (SSSR count). The van der Waals surface area contributed by atoms with Gasteiger partial charge in [0, 0.05) is 18.7 Å². The Kier molecular flexibility index (Phi) is 7.36. The fourth-order valence-corrected chi connectivity index (χ4v) is 3.82. The summed E-state index contributed by atoms with van der Waals surface area (Å²) in [6.07, 6.45) is 1.06. The van der Waals surface area contributed by atoms with Gasteiger partial charge in [-0.3, -0.25) is 4.79 Å². The zero-order valence-electron chi connectivity index (χ0n) is 15.3. The Balaban J connectivity index is 1.94. The molecular formula is C20H26N2O3S. The predicted octanol–water partition coefficient (Wildman–Crippen LogP) is 2.70. The van der Waals surface area contributed by atoms with Gasteiger partial charge in [-0.25, -0.2) is 8.42 Å². The number of hydrogen-bond donors (Lipinski definition) is 2. The highest BCUT2D eigenvalue weighted by Crippen LogP contribution is 2.17. The molecule has 0 saturated carbocycles. The van der Waals surface area contributed by atoms with E-state index in [1.165, 1.54) is 0 Å². The van der Waals surface area contributed by atoms with Crippen molar-refractivity contribution in [2.24, 2.45) is 0 Å². The van der Waals surface area contributed by atoms with E-state index in [0.717, 1.165) is 25.1 Å². The second-order valence-electron chi connectivity index (χ2n) is 6.27. The van der Waals surface area contributed by atoms with Crippen LogP contribution in [0.25, 0.3) is 0 Å². The minimum absolute atomic E-state index is 0.0844. The van der Waals surface area contributed by atoms with Gasteiger partial charge in [0.2, 0.25) is 0 Å². The molecule has 0 aromatic heterocycles. The molecule has 0 aliphatic carbocycles. The van der Waals surface area contributed by atoms with Crippen molar-refractivity contribution in [3.8, 4) is 0 Å². The summed E-state index contributed by atoms with van der Waals surface area (Å²) in [5.74, 6) is -0.241. The molecule has 26 heavy (non-hydrogen) atoms. The van der Waals surface area contributed by atoms with Gasteiger partial charge in [0.1, 0.15) is 0 Å². The Labute approximate surface area is 155 Å². The van der Waals surface area contributed by atoms with Crippen molar-refractivity contribution in [2.75, 3.05) is 19.6 Å². The lowest BCUT2D eigenvalue weighted by Crippen LogP contribution is -2.32. The topological polar surface area (TPSA) is 75.3 Å². The molecule has 0 spiro atoms. The van der Waals surface area contributed by atoms with Gasteiger partial charge in [0.25, 0.3) is 5.91 Å². The molecule has 140 valence electrons. The number of hydrogen-bond acceptors (Lipinski definition) is 4. The molecule has 0 fully saturated rings. The number of carbonyl (C=O) groups is 1. The van der Waals surface area contributed by atoms with Gasteiger partial charge in [-0.05, 0) is 49.7 Å². The molecule has 6 heteroatoms. The van der Waals surface area contributed by atoms with E-state index < -0.39 is 9.84 Å². The number of rotatable bonds is 9. The standard InChI is InChI=1S/C20H26N2O3S/c1-3-12-21-13-14-22-20(23)18-8-6-17(7-9-18)15-26(24,25)19-10-4-16(2)5-11-19/h4-11,21H,3,12-15H2,1-2H3,(H,22,23). The summed E-state index contributed by atoms with van der Waals surface area (Å²) >= 11 is 0.